The van der Waals surface area contributed by atoms with E-state index in [4.69, 9.17) is 11.5 Å². The van der Waals surface area contributed by atoms with Crippen LogP contribution in [0.4, 0.5) is 4.39 Å². The van der Waals surface area contributed by atoms with Crippen molar-refractivity contribution in [3.63, 3.8) is 0 Å². The highest BCUT2D eigenvalue weighted by Crippen LogP contribution is 2.28. The Morgan fingerprint density at radius 1 is 0.781 bits per heavy atom. The summed E-state index contributed by atoms with van der Waals surface area (Å²) in [4.78, 5) is 28.5. The Bertz CT molecular complexity index is 1470. The molecule has 2 aromatic heterocycles. The Morgan fingerprint density at radius 2 is 1.34 bits per heavy atom. The van der Waals surface area contributed by atoms with Crippen molar-refractivity contribution in [1.29, 1.82) is 0 Å². The molecule has 0 saturated heterocycles. The Hall–Kier alpha value is -3.91. The van der Waals surface area contributed by atoms with Gasteiger partial charge < -0.3 is 21.4 Å². The van der Waals surface area contributed by atoms with Gasteiger partial charge >= 0.3 is 0 Å². The molecule has 6 N–H and O–H groups in total. The molecule has 0 aliphatic carbocycles. The molecule has 0 bridgehead atoms. The van der Waals surface area contributed by atoms with Crippen LogP contribution in [0.15, 0.2) is 77.5 Å². The maximum Gasteiger partial charge on any atom is 0.250 e. The highest BCUT2D eigenvalue weighted by molar-refractivity contribution is 9.10. The number of amides is 2. The third-order valence-corrected chi connectivity index (χ3v) is 5.46. The molecule has 8 heteroatoms. The molecular weight excluding hydrogens is 475 g/mol. The highest BCUT2D eigenvalue weighted by atomic mass is 79.9. The molecule has 5 rings (SSSR count). The van der Waals surface area contributed by atoms with Crippen LogP contribution in [0, 0.1) is 5.82 Å². The van der Waals surface area contributed by atoms with Crippen LogP contribution in [0.5, 0.6) is 0 Å². The molecule has 0 aliphatic heterocycles. The summed E-state index contributed by atoms with van der Waals surface area (Å²) in [5.41, 5.74) is 14.0. The number of aromatic amines is 2. The Balaban J connectivity index is 0.000000165. The third-order valence-electron chi connectivity index (χ3n) is 5.00. The Morgan fingerprint density at radius 3 is 1.94 bits per heavy atom. The van der Waals surface area contributed by atoms with Crippen LogP contribution in [-0.2, 0) is 0 Å². The lowest BCUT2D eigenvalue weighted by Gasteiger charge is -2.06. The van der Waals surface area contributed by atoms with Crippen LogP contribution >= 0.6 is 15.9 Å². The quantitative estimate of drug-likeness (QED) is 0.280. The Labute approximate surface area is 190 Å². The minimum Gasteiger partial charge on any atom is -0.366 e. The maximum atomic E-state index is 13.8. The zero-order chi connectivity index (χ0) is 22.8. The smallest absolute Gasteiger partial charge is 0.250 e. The second kappa shape index (κ2) is 8.68. The fraction of sp³-hybridized carbons (Fsp3) is 0. The van der Waals surface area contributed by atoms with Gasteiger partial charge in [0.2, 0.25) is 0 Å². The Kier molecular flexibility index (Phi) is 5.79. The molecule has 5 aromatic rings. The van der Waals surface area contributed by atoms with Crippen molar-refractivity contribution in [3.05, 3.63) is 94.5 Å². The van der Waals surface area contributed by atoms with Crippen molar-refractivity contribution in [1.82, 2.24) is 9.97 Å². The number of aromatic nitrogens is 2. The first kappa shape index (κ1) is 21.3. The number of carbonyl (C=O) groups excluding carboxylic acids is 2. The summed E-state index contributed by atoms with van der Waals surface area (Å²) in [6, 6.07) is 17.2. The van der Waals surface area contributed by atoms with Gasteiger partial charge in [0.05, 0.1) is 22.2 Å². The zero-order valence-corrected chi connectivity index (χ0v) is 18.2. The van der Waals surface area contributed by atoms with E-state index in [0.717, 1.165) is 20.8 Å². The van der Waals surface area contributed by atoms with E-state index < -0.39 is 11.8 Å². The van der Waals surface area contributed by atoms with Crippen molar-refractivity contribution in [3.8, 4) is 11.1 Å². The predicted molar refractivity (Wildman–Crippen MR) is 127 cm³/mol. The number of carbonyl (C=O) groups is 2. The van der Waals surface area contributed by atoms with E-state index in [1.807, 2.05) is 24.3 Å². The van der Waals surface area contributed by atoms with Gasteiger partial charge in [-0.2, -0.15) is 0 Å². The monoisotopic (exact) mass is 492 g/mol. The number of benzene rings is 3. The highest BCUT2D eigenvalue weighted by Gasteiger charge is 2.13. The number of hydrogen-bond donors (Lipinski definition) is 4. The number of rotatable bonds is 3. The molecule has 160 valence electrons. The lowest BCUT2D eigenvalue weighted by Crippen LogP contribution is -2.11. The number of primary amides is 2. The van der Waals surface area contributed by atoms with Crippen molar-refractivity contribution in [2.45, 2.75) is 0 Å². The molecule has 6 nitrogen and oxygen atoms in total. The largest absolute Gasteiger partial charge is 0.366 e. The van der Waals surface area contributed by atoms with Crippen molar-refractivity contribution in [2.75, 3.05) is 0 Å². The normalized spacial score (nSPS) is 10.7. The van der Waals surface area contributed by atoms with Gasteiger partial charge in [-0.3, -0.25) is 9.59 Å². The minimum absolute atomic E-state index is 0.326. The second-order valence-corrected chi connectivity index (χ2v) is 7.98. The molecule has 0 spiro atoms. The van der Waals surface area contributed by atoms with E-state index in [9.17, 15) is 14.0 Å². The van der Waals surface area contributed by atoms with E-state index in [1.165, 1.54) is 6.07 Å². The molecule has 0 radical (unpaired) electrons. The van der Waals surface area contributed by atoms with E-state index in [0.29, 0.717) is 27.8 Å². The number of H-pyrrole nitrogens is 2. The molecule has 2 amide bonds. The summed E-state index contributed by atoms with van der Waals surface area (Å²) in [5, 5.41) is 1.80. The van der Waals surface area contributed by atoms with E-state index >= 15 is 0 Å². The molecule has 0 fully saturated rings. The first-order valence-corrected chi connectivity index (χ1v) is 10.4. The van der Waals surface area contributed by atoms with Gasteiger partial charge in [-0.15, -0.1) is 0 Å². The van der Waals surface area contributed by atoms with Gasteiger partial charge in [-0.1, -0.05) is 34.1 Å². The summed E-state index contributed by atoms with van der Waals surface area (Å²) in [6.45, 7) is 0. The topological polar surface area (TPSA) is 118 Å². The molecule has 0 saturated carbocycles. The molecule has 0 aliphatic rings. The maximum absolute atomic E-state index is 13.8. The molecule has 2 heterocycles. The standard InChI is InChI=1S/C15H11FN2O.C9H7BrN2O/c16-13-4-2-1-3-11(13)10-7-9-5-6-18-14(9)12(8-10)15(17)19;10-6-3-5-1-2-12-8(5)7(4-6)9(11)13/h1-8,18H,(H2,17,19);1-4,12H,(H2,11,13). The number of nitrogens with one attached hydrogen (secondary N) is 2. The fourth-order valence-electron chi connectivity index (χ4n) is 3.55. The molecule has 32 heavy (non-hydrogen) atoms. The van der Waals surface area contributed by atoms with Gasteiger partial charge in [-0.05, 0) is 48.0 Å². The first-order chi connectivity index (χ1) is 15.3. The fourth-order valence-corrected chi connectivity index (χ4v) is 4.02. The number of nitrogens with two attached hydrogens (primary N) is 2. The van der Waals surface area contributed by atoms with Crippen LogP contribution in [0.3, 0.4) is 0 Å². The van der Waals surface area contributed by atoms with Crippen LogP contribution in [0.2, 0.25) is 0 Å². The first-order valence-electron chi connectivity index (χ1n) is 9.57. The summed E-state index contributed by atoms with van der Waals surface area (Å²) < 4.78 is 14.7. The minimum atomic E-state index is -0.536. The average molecular weight is 493 g/mol. The predicted octanol–water partition coefficient (Wildman–Crippen LogP) is 5.10. The van der Waals surface area contributed by atoms with Crippen LogP contribution in [-0.4, -0.2) is 21.8 Å². The summed E-state index contributed by atoms with van der Waals surface area (Å²) in [5.74, 6) is -1.29. The molecule has 3 aromatic carbocycles. The summed E-state index contributed by atoms with van der Waals surface area (Å²) in [7, 11) is 0. The number of hydrogen-bond acceptors (Lipinski definition) is 2. The van der Waals surface area contributed by atoms with E-state index in [1.54, 1.807) is 42.7 Å². The van der Waals surface area contributed by atoms with Gasteiger partial charge in [0, 0.05) is 33.2 Å². The van der Waals surface area contributed by atoms with Crippen molar-refractivity contribution < 1.29 is 14.0 Å². The van der Waals surface area contributed by atoms with Gasteiger partial charge in [0.15, 0.2) is 0 Å². The molecular formula is C24H18BrFN4O2. The van der Waals surface area contributed by atoms with Crippen molar-refractivity contribution in [2.24, 2.45) is 11.5 Å². The number of halogens is 2. The van der Waals surface area contributed by atoms with Crippen LogP contribution in [0.25, 0.3) is 32.9 Å². The van der Waals surface area contributed by atoms with Crippen LogP contribution in [0.1, 0.15) is 20.7 Å². The van der Waals surface area contributed by atoms with Crippen LogP contribution < -0.4 is 11.5 Å². The van der Waals surface area contributed by atoms with Crippen molar-refractivity contribution >= 4 is 49.6 Å². The summed E-state index contributed by atoms with van der Waals surface area (Å²) in [6.07, 6.45) is 3.51. The lowest BCUT2D eigenvalue weighted by molar-refractivity contribution is 0.0993. The molecule has 0 unspecified atom stereocenters. The van der Waals surface area contributed by atoms with Gasteiger partial charge in [-0.25, -0.2) is 4.39 Å². The van der Waals surface area contributed by atoms with Gasteiger partial charge in [0.1, 0.15) is 5.82 Å². The van der Waals surface area contributed by atoms with E-state index in [-0.39, 0.29) is 5.82 Å². The third kappa shape index (κ3) is 4.13. The molecule has 0 atom stereocenters. The van der Waals surface area contributed by atoms with Gasteiger partial charge in [0.25, 0.3) is 11.8 Å². The lowest BCUT2D eigenvalue weighted by atomic mass is 10.00. The summed E-state index contributed by atoms with van der Waals surface area (Å²) >= 11 is 3.31. The zero-order valence-electron chi connectivity index (χ0n) is 16.7. The second-order valence-electron chi connectivity index (χ2n) is 7.07. The SMILES string of the molecule is NC(=O)c1cc(-c2ccccc2F)cc2cc[nH]c12.NC(=O)c1cc(Br)cc2cc[nH]c12. The number of fused-ring (bicyclic) bond motifs is 2. The van der Waals surface area contributed by atoms with E-state index in [2.05, 4.69) is 25.9 Å². The average Bonchev–Trinajstić information content (AvgIpc) is 3.42.